The molecule has 11 heavy (non-hydrogen) atoms. The van der Waals surface area contributed by atoms with E-state index in [1.165, 1.54) is 25.7 Å². The largest absolute Gasteiger partial charge is 0.198 e. The van der Waals surface area contributed by atoms with Crippen molar-refractivity contribution in [1.82, 2.24) is 0 Å². The lowest BCUT2D eigenvalue weighted by molar-refractivity contribution is 0.259. The van der Waals surface area contributed by atoms with Crippen molar-refractivity contribution in [3.05, 3.63) is 0 Å². The molecule has 0 aromatic heterocycles. The average Bonchev–Trinajstić information content (AvgIpc) is 2.78. The summed E-state index contributed by atoms with van der Waals surface area (Å²) in [6, 6.07) is 2.45. The smallest absolute Gasteiger partial charge is 0.0655 e. The molecule has 1 heteroatoms. The van der Waals surface area contributed by atoms with Crippen molar-refractivity contribution in [2.45, 2.75) is 25.7 Å². The second kappa shape index (κ2) is 1.80. The Bertz CT molecular complexity index is 212. The van der Waals surface area contributed by atoms with Crippen LogP contribution in [-0.2, 0) is 0 Å². The van der Waals surface area contributed by atoms with Gasteiger partial charge in [0, 0.05) is 5.92 Å². The van der Waals surface area contributed by atoms with Gasteiger partial charge in [0.15, 0.2) is 0 Å². The van der Waals surface area contributed by atoms with E-state index in [4.69, 9.17) is 5.26 Å². The molecule has 0 aliphatic heterocycles. The zero-order chi connectivity index (χ0) is 7.42. The summed E-state index contributed by atoms with van der Waals surface area (Å²) in [6.07, 6.45) is 5.43. The van der Waals surface area contributed by atoms with Gasteiger partial charge in [0.2, 0.25) is 0 Å². The monoisotopic (exact) mass is 147 g/mol. The van der Waals surface area contributed by atoms with Crippen molar-refractivity contribution in [2.75, 3.05) is 0 Å². The van der Waals surface area contributed by atoms with Gasteiger partial charge in [-0.3, -0.25) is 0 Å². The van der Waals surface area contributed by atoms with Crippen molar-refractivity contribution in [3.8, 4) is 6.07 Å². The number of nitriles is 1. The summed E-state index contributed by atoms with van der Waals surface area (Å²) in [7, 11) is 0. The van der Waals surface area contributed by atoms with Gasteiger partial charge in [-0.05, 0) is 49.4 Å². The van der Waals surface area contributed by atoms with Crippen LogP contribution in [0.3, 0.4) is 0 Å². The molecule has 0 aromatic rings. The van der Waals surface area contributed by atoms with Gasteiger partial charge in [-0.2, -0.15) is 5.26 Å². The SMILES string of the molecule is N#CC1CC2CC(C1)[C@@H]1C[C@H]21. The molecule has 3 aliphatic rings. The molecule has 3 fully saturated rings. The third kappa shape index (κ3) is 0.704. The van der Waals surface area contributed by atoms with Gasteiger partial charge in [-0.1, -0.05) is 0 Å². The first-order valence-corrected chi connectivity index (χ1v) is 4.78. The Morgan fingerprint density at radius 3 is 2.09 bits per heavy atom. The summed E-state index contributed by atoms with van der Waals surface area (Å²) in [5.74, 6) is 4.48. The molecule has 2 bridgehead atoms. The molecule has 3 unspecified atom stereocenters. The van der Waals surface area contributed by atoms with E-state index in [0.717, 1.165) is 23.7 Å². The van der Waals surface area contributed by atoms with Crippen LogP contribution < -0.4 is 0 Å². The maximum Gasteiger partial charge on any atom is 0.0655 e. The van der Waals surface area contributed by atoms with E-state index in [2.05, 4.69) is 6.07 Å². The van der Waals surface area contributed by atoms with Gasteiger partial charge in [0.25, 0.3) is 0 Å². The molecule has 58 valence electrons. The standard InChI is InChI=1S/C10H13N/c11-5-6-1-7-3-8(2-6)10-4-9(7)10/h6-10H,1-4H2/t6?,7?,8?,9-,10+. The van der Waals surface area contributed by atoms with Crippen molar-refractivity contribution in [3.63, 3.8) is 0 Å². The summed E-state index contributed by atoms with van der Waals surface area (Å²) in [5, 5.41) is 8.81. The normalized spacial score (nSPS) is 58.3. The fourth-order valence-corrected chi connectivity index (χ4v) is 3.53. The minimum Gasteiger partial charge on any atom is -0.198 e. The van der Waals surface area contributed by atoms with E-state index in [-0.39, 0.29) is 0 Å². The molecule has 3 aliphatic carbocycles. The van der Waals surface area contributed by atoms with Crippen LogP contribution in [0.25, 0.3) is 0 Å². The summed E-state index contributed by atoms with van der Waals surface area (Å²) in [5.41, 5.74) is 0. The molecule has 3 rings (SSSR count). The number of hydrogen-bond acceptors (Lipinski definition) is 1. The van der Waals surface area contributed by atoms with Crippen molar-refractivity contribution in [2.24, 2.45) is 29.6 Å². The van der Waals surface area contributed by atoms with Crippen LogP contribution in [0.5, 0.6) is 0 Å². The van der Waals surface area contributed by atoms with E-state index in [9.17, 15) is 0 Å². The quantitative estimate of drug-likeness (QED) is 0.515. The van der Waals surface area contributed by atoms with E-state index >= 15 is 0 Å². The third-order valence-corrected chi connectivity index (χ3v) is 4.06. The second-order valence-electron chi connectivity index (χ2n) is 4.62. The van der Waals surface area contributed by atoms with Crippen LogP contribution in [-0.4, -0.2) is 0 Å². The fourth-order valence-electron chi connectivity index (χ4n) is 3.53. The van der Waals surface area contributed by atoms with Crippen molar-refractivity contribution >= 4 is 0 Å². The molecule has 0 N–H and O–H groups in total. The van der Waals surface area contributed by atoms with Crippen molar-refractivity contribution in [1.29, 1.82) is 5.26 Å². The molecular formula is C10H13N. The lowest BCUT2D eigenvalue weighted by Gasteiger charge is -2.25. The average molecular weight is 147 g/mol. The predicted molar refractivity (Wildman–Crippen MR) is 41.5 cm³/mol. The number of nitrogens with zero attached hydrogens (tertiary/aromatic N) is 1. The highest BCUT2D eigenvalue weighted by molar-refractivity contribution is 5.08. The Hall–Kier alpha value is -0.510. The van der Waals surface area contributed by atoms with E-state index in [0.29, 0.717) is 5.92 Å². The maximum atomic E-state index is 8.81. The van der Waals surface area contributed by atoms with Crippen LogP contribution in [0, 0.1) is 40.9 Å². The number of fused-ring (bicyclic) bond motifs is 5. The van der Waals surface area contributed by atoms with Crippen LogP contribution in [0.4, 0.5) is 0 Å². The third-order valence-electron chi connectivity index (χ3n) is 4.06. The van der Waals surface area contributed by atoms with Gasteiger partial charge >= 0.3 is 0 Å². The van der Waals surface area contributed by atoms with Gasteiger partial charge < -0.3 is 0 Å². The topological polar surface area (TPSA) is 23.8 Å². The molecule has 0 aromatic carbocycles. The Labute approximate surface area is 67.4 Å². The molecular weight excluding hydrogens is 134 g/mol. The lowest BCUT2D eigenvalue weighted by Crippen LogP contribution is -2.18. The highest BCUT2D eigenvalue weighted by Crippen LogP contribution is 2.64. The number of hydrogen-bond donors (Lipinski definition) is 0. The molecule has 0 amide bonds. The molecule has 0 heterocycles. The minimum absolute atomic E-state index is 0.423. The summed E-state index contributed by atoms with van der Waals surface area (Å²) < 4.78 is 0. The summed E-state index contributed by atoms with van der Waals surface area (Å²) in [4.78, 5) is 0. The van der Waals surface area contributed by atoms with Crippen LogP contribution in [0.15, 0.2) is 0 Å². The molecule has 0 saturated heterocycles. The zero-order valence-electron chi connectivity index (χ0n) is 6.66. The van der Waals surface area contributed by atoms with Crippen LogP contribution in [0.2, 0.25) is 0 Å². The van der Waals surface area contributed by atoms with E-state index < -0.39 is 0 Å². The van der Waals surface area contributed by atoms with Crippen LogP contribution >= 0.6 is 0 Å². The summed E-state index contributed by atoms with van der Waals surface area (Å²) in [6.45, 7) is 0. The Balaban J connectivity index is 1.84. The molecule has 1 nitrogen and oxygen atoms in total. The first-order valence-electron chi connectivity index (χ1n) is 4.78. The predicted octanol–water partition coefficient (Wildman–Crippen LogP) is 2.19. The molecule has 0 radical (unpaired) electrons. The highest BCUT2D eigenvalue weighted by Gasteiger charge is 2.56. The van der Waals surface area contributed by atoms with Crippen molar-refractivity contribution < 1.29 is 0 Å². The first-order chi connectivity index (χ1) is 5.38. The van der Waals surface area contributed by atoms with Gasteiger partial charge in [0.1, 0.15) is 0 Å². The second-order valence-corrected chi connectivity index (χ2v) is 4.62. The maximum absolute atomic E-state index is 8.81. The Kier molecular flexibility index (Phi) is 0.991. The van der Waals surface area contributed by atoms with Gasteiger partial charge in [-0.25, -0.2) is 0 Å². The number of rotatable bonds is 0. The molecule has 0 spiro atoms. The van der Waals surface area contributed by atoms with E-state index in [1.807, 2.05) is 0 Å². The Morgan fingerprint density at radius 1 is 0.909 bits per heavy atom. The highest BCUT2D eigenvalue weighted by atomic mass is 14.6. The van der Waals surface area contributed by atoms with E-state index in [1.54, 1.807) is 0 Å². The Morgan fingerprint density at radius 2 is 1.55 bits per heavy atom. The van der Waals surface area contributed by atoms with Crippen LogP contribution in [0.1, 0.15) is 25.7 Å². The molecule has 5 atom stereocenters. The first kappa shape index (κ1) is 6.06. The summed E-state index contributed by atoms with van der Waals surface area (Å²) >= 11 is 0. The van der Waals surface area contributed by atoms with Gasteiger partial charge in [0.05, 0.1) is 6.07 Å². The zero-order valence-corrected chi connectivity index (χ0v) is 6.66. The van der Waals surface area contributed by atoms with Gasteiger partial charge in [-0.15, -0.1) is 0 Å². The minimum atomic E-state index is 0.423. The molecule has 3 saturated carbocycles. The lowest BCUT2D eigenvalue weighted by atomic mass is 9.78. The fraction of sp³-hybridized carbons (Fsp3) is 0.900.